The predicted octanol–water partition coefficient (Wildman–Crippen LogP) is 4.27. The van der Waals surface area contributed by atoms with Gasteiger partial charge in [0.25, 0.3) is 0 Å². The second-order valence-electron chi connectivity index (χ2n) is 5.36. The van der Waals surface area contributed by atoms with Gasteiger partial charge < -0.3 is 19.2 Å². The Labute approximate surface area is 157 Å². The van der Waals surface area contributed by atoms with E-state index in [4.69, 9.17) is 14.2 Å². The Balaban J connectivity index is 2.02. The van der Waals surface area contributed by atoms with Gasteiger partial charge in [-0.15, -0.1) is 0 Å². The number of pyridine rings is 1. The van der Waals surface area contributed by atoms with Crippen LogP contribution in [0.25, 0.3) is 10.9 Å². The minimum Gasteiger partial charge on any atom is -0.497 e. The van der Waals surface area contributed by atoms with E-state index in [9.17, 15) is 9.59 Å². The van der Waals surface area contributed by atoms with Gasteiger partial charge in [0.1, 0.15) is 22.8 Å². The third-order valence-corrected chi connectivity index (χ3v) is 4.34. The molecule has 0 bridgehead atoms. The van der Waals surface area contributed by atoms with Gasteiger partial charge in [-0.3, -0.25) is 4.79 Å². The van der Waals surface area contributed by atoms with E-state index < -0.39 is 11.4 Å². The van der Waals surface area contributed by atoms with Crippen LogP contribution in [0.5, 0.6) is 17.2 Å². The molecule has 0 aliphatic rings. The molecule has 6 nitrogen and oxygen atoms in total. The Morgan fingerprint density at radius 2 is 1.85 bits per heavy atom. The Morgan fingerprint density at radius 3 is 2.50 bits per heavy atom. The van der Waals surface area contributed by atoms with Crippen LogP contribution in [-0.2, 0) is 4.74 Å². The Hall–Kier alpha value is -2.80. The number of esters is 1. The van der Waals surface area contributed by atoms with Gasteiger partial charge in [0.05, 0.1) is 29.1 Å². The first-order valence-corrected chi connectivity index (χ1v) is 8.66. The summed E-state index contributed by atoms with van der Waals surface area (Å²) in [5.74, 6) is 1.10. The van der Waals surface area contributed by atoms with E-state index >= 15 is 0 Å². The zero-order chi connectivity index (χ0) is 18.7. The molecule has 0 radical (unpaired) electrons. The fraction of sp³-hybridized carbons (Fsp3) is 0.158. The van der Waals surface area contributed by atoms with Crippen LogP contribution in [-0.4, -0.2) is 24.7 Å². The molecule has 0 unspecified atom stereocenters. The maximum atomic E-state index is 12.6. The highest BCUT2D eigenvalue weighted by molar-refractivity contribution is 9.10. The predicted molar refractivity (Wildman–Crippen MR) is 101 cm³/mol. The largest absolute Gasteiger partial charge is 0.497 e. The first-order chi connectivity index (χ1) is 12.5. The van der Waals surface area contributed by atoms with Crippen molar-refractivity contribution < 1.29 is 19.0 Å². The number of fused-ring (bicyclic) bond motifs is 1. The summed E-state index contributed by atoms with van der Waals surface area (Å²) in [7, 11) is 1.59. The minimum absolute atomic E-state index is 0.0444. The van der Waals surface area contributed by atoms with Gasteiger partial charge in [-0.25, -0.2) is 4.79 Å². The molecule has 1 heterocycles. The fourth-order valence-electron chi connectivity index (χ4n) is 2.43. The summed E-state index contributed by atoms with van der Waals surface area (Å²) in [5.41, 5.74) is 0.123. The van der Waals surface area contributed by atoms with Crippen LogP contribution in [0.15, 0.2) is 51.9 Å². The van der Waals surface area contributed by atoms with E-state index in [1.54, 1.807) is 50.4 Å². The highest BCUT2D eigenvalue weighted by Crippen LogP contribution is 2.33. The Morgan fingerprint density at radius 1 is 1.15 bits per heavy atom. The van der Waals surface area contributed by atoms with Crippen LogP contribution in [0.1, 0.15) is 17.3 Å². The molecular weight excluding hydrogens is 402 g/mol. The van der Waals surface area contributed by atoms with Gasteiger partial charge in [-0.1, -0.05) is 0 Å². The first kappa shape index (κ1) is 18.0. The topological polar surface area (TPSA) is 77.6 Å². The number of hydrogen-bond donors (Lipinski definition) is 1. The Bertz CT molecular complexity index is 1010. The summed E-state index contributed by atoms with van der Waals surface area (Å²) < 4.78 is 16.6. The summed E-state index contributed by atoms with van der Waals surface area (Å²) in [6, 6.07) is 10.4. The number of aromatic nitrogens is 1. The molecule has 0 saturated heterocycles. The van der Waals surface area contributed by atoms with Crippen LogP contribution in [0.3, 0.4) is 0 Å². The zero-order valence-corrected chi connectivity index (χ0v) is 15.8. The third-order valence-electron chi connectivity index (χ3n) is 3.72. The molecule has 0 spiro atoms. The van der Waals surface area contributed by atoms with Crippen LogP contribution < -0.4 is 14.9 Å². The summed E-state index contributed by atoms with van der Waals surface area (Å²) in [5, 5.41) is 0.335. The number of methoxy groups -OCH3 is 1. The number of ether oxygens (including phenoxy) is 3. The van der Waals surface area contributed by atoms with Crippen molar-refractivity contribution in [3.8, 4) is 17.2 Å². The van der Waals surface area contributed by atoms with Crippen molar-refractivity contribution in [1.82, 2.24) is 4.98 Å². The number of benzene rings is 2. The molecule has 3 rings (SSSR count). The van der Waals surface area contributed by atoms with Crippen LogP contribution in [0, 0.1) is 0 Å². The van der Waals surface area contributed by atoms with Crippen molar-refractivity contribution in [2.45, 2.75) is 6.92 Å². The van der Waals surface area contributed by atoms with Crippen molar-refractivity contribution in [3.63, 3.8) is 0 Å². The maximum Gasteiger partial charge on any atom is 0.343 e. The molecule has 0 atom stereocenters. The van der Waals surface area contributed by atoms with Gasteiger partial charge in [0.15, 0.2) is 0 Å². The summed E-state index contributed by atoms with van der Waals surface area (Å²) >= 11 is 3.44. The number of H-pyrrole nitrogens is 1. The lowest BCUT2D eigenvalue weighted by atomic mass is 10.1. The second-order valence-corrected chi connectivity index (χ2v) is 6.21. The number of hydrogen-bond acceptors (Lipinski definition) is 5. The van der Waals surface area contributed by atoms with E-state index in [1.165, 1.54) is 6.20 Å². The number of rotatable bonds is 5. The van der Waals surface area contributed by atoms with Gasteiger partial charge in [-0.2, -0.15) is 0 Å². The maximum absolute atomic E-state index is 12.6. The number of carbonyl (C=O) groups excluding carboxylic acids is 1. The smallest absolute Gasteiger partial charge is 0.343 e. The number of carbonyl (C=O) groups is 1. The fourth-order valence-corrected chi connectivity index (χ4v) is 2.85. The SMILES string of the molecule is CCOC(=O)c1c[nH]c2cc(Br)c(Oc3ccc(OC)cc3)cc2c1=O. The highest BCUT2D eigenvalue weighted by Gasteiger charge is 2.16. The highest BCUT2D eigenvalue weighted by atomic mass is 79.9. The summed E-state index contributed by atoms with van der Waals surface area (Å²) in [4.78, 5) is 27.5. The Kier molecular flexibility index (Phi) is 5.27. The monoisotopic (exact) mass is 417 g/mol. The van der Waals surface area contributed by atoms with Gasteiger partial charge in [0, 0.05) is 6.20 Å². The summed E-state index contributed by atoms with van der Waals surface area (Å²) in [6.45, 7) is 1.88. The molecule has 0 fully saturated rings. The van der Waals surface area contributed by atoms with E-state index in [-0.39, 0.29) is 12.2 Å². The minimum atomic E-state index is -0.656. The van der Waals surface area contributed by atoms with Crippen molar-refractivity contribution in [2.24, 2.45) is 0 Å². The van der Waals surface area contributed by atoms with E-state index in [2.05, 4.69) is 20.9 Å². The lowest BCUT2D eigenvalue weighted by Crippen LogP contribution is -2.18. The molecule has 0 saturated carbocycles. The van der Waals surface area contributed by atoms with Gasteiger partial charge in [-0.05, 0) is 59.3 Å². The number of nitrogens with one attached hydrogen (secondary N) is 1. The normalized spacial score (nSPS) is 10.6. The average molecular weight is 418 g/mol. The molecule has 1 aromatic heterocycles. The molecule has 1 N–H and O–H groups in total. The third kappa shape index (κ3) is 3.57. The lowest BCUT2D eigenvalue weighted by Gasteiger charge is -2.10. The molecule has 0 aliphatic carbocycles. The first-order valence-electron chi connectivity index (χ1n) is 7.87. The van der Waals surface area contributed by atoms with Crippen LogP contribution >= 0.6 is 15.9 Å². The van der Waals surface area contributed by atoms with Crippen molar-refractivity contribution >= 4 is 32.8 Å². The molecule has 7 heteroatoms. The van der Waals surface area contributed by atoms with Gasteiger partial charge >= 0.3 is 5.97 Å². The van der Waals surface area contributed by atoms with E-state index in [1.807, 2.05) is 0 Å². The van der Waals surface area contributed by atoms with Gasteiger partial charge in [0.2, 0.25) is 5.43 Å². The van der Waals surface area contributed by atoms with Crippen molar-refractivity contribution in [1.29, 1.82) is 0 Å². The van der Waals surface area contributed by atoms with E-state index in [0.29, 0.717) is 32.6 Å². The van der Waals surface area contributed by atoms with Crippen molar-refractivity contribution in [2.75, 3.05) is 13.7 Å². The average Bonchev–Trinajstić information content (AvgIpc) is 2.64. The molecular formula is C19H16BrNO5. The quantitative estimate of drug-likeness (QED) is 0.627. The van der Waals surface area contributed by atoms with Crippen LogP contribution in [0.4, 0.5) is 0 Å². The molecule has 26 heavy (non-hydrogen) atoms. The van der Waals surface area contributed by atoms with Crippen molar-refractivity contribution in [3.05, 3.63) is 62.9 Å². The number of aromatic amines is 1. The zero-order valence-electron chi connectivity index (χ0n) is 14.2. The second kappa shape index (κ2) is 7.61. The molecule has 134 valence electrons. The van der Waals surface area contributed by atoms with E-state index in [0.717, 1.165) is 0 Å². The molecule has 0 amide bonds. The summed E-state index contributed by atoms with van der Waals surface area (Å²) in [6.07, 6.45) is 1.36. The standard InChI is InChI=1S/C19H16BrNO5/c1-3-25-19(23)14-10-21-16-9-15(20)17(8-13(16)18(14)22)26-12-6-4-11(24-2)5-7-12/h4-10H,3H2,1-2H3,(H,21,22). The number of halogens is 1. The molecule has 2 aromatic carbocycles. The lowest BCUT2D eigenvalue weighted by molar-refractivity contribution is 0.0524. The molecule has 0 aliphatic heterocycles. The molecule has 3 aromatic rings. The van der Waals surface area contributed by atoms with Crippen LogP contribution in [0.2, 0.25) is 0 Å².